The predicted molar refractivity (Wildman–Crippen MR) is 92.2 cm³/mol. The number of hydrogen-bond acceptors (Lipinski definition) is 2. The van der Waals surface area contributed by atoms with Gasteiger partial charge in [-0.15, -0.1) is 11.6 Å². The van der Waals surface area contributed by atoms with Gasteiger partial charge in [0.2, 0.25) is 0 Å². The lowest BCUT2D eigenvalue weighted by Crippen LogP contribution is -2.32. The topological polar surface area (TPSA) is 21.1 Å². The lowest BCUT2D eigenvalue weighted by molar-refractivity contribution is 0.205. The Labute approximate surface area is 138 Å². The van der Waals surface area contributed by atoms with Crippen LogP contribution in [0.3, 0.4) is 0 Å². The molecule has 2 heterocycles. The number of imidazole rings is 1. The highest BCUT2D eigenvalue weighted by atomic mass is 127. The van der Waals surface area contributed by atoms with Gasteiger partial charge in [0.25, 0.3) is 0 Å². The quantitative estimate of drug-likeness (QED) is 0.575. The van der Waals surface area contributed by atoms with E-state index in [0.717, 1.165) is 23.8 Å². The zero-order valence-electron chi connectivity index (χ0n) is 11.6. The van der Waals surface area contributed by atoms with E-state index in [1.54, 1.807) is 0 Å². The Morgan fingerprint density at radius 2 is 2.10 bits per heavy atom. The molecule has 0 bridgehead atoms. The fourth-order valence-electron chi connectivity index (χ4n) is 2.96. The highest BCUT2D eigenvalue weighted by Crippen LogP contribution is 2.24. The third-order valence-corrected chi connectivity index (χ3v) is 5.10. The van der Waals surface area contributed by atoms with Crippen molar-refractivity contribution in [2.75, 3.05) is 20.1 Å². The number of nitrogens with zero attached hydrogens (tertiary/aromatic N) is 3. The summed E-state index contributed by atoms with van der Waals surface area (Å²) in [6, 6.07) is 6.46. The van der Waals surface area contributed by atoms with E-state index in [9.17, 15) is 0 Å². The molecular formula is C15H19ClIN3. The number of hydrogen-bond donors (Lipinski definition) is 0. The maximum absolute atomic E-state index is 6.09. The zero-order chi connectivity index (χ0) is 14.1. The number of piperidine rings is 1. The molecule has 1 fully saturated rings. The van der Waals surface area contributed by atoms with Crippen molar-refractivity contribution in [2.45, 2.75) is 25.3 Å². The van der Waals surface area contributed by atoms with Gasteiger partial charge in [-0.3, -0.25) is 0 Å². The molecule has 0 radical (unpaired) electrons. The van der Waals surface area contributed by atoms with Crippen molar-refractivity contribution < 1.29 is 0 Å². The SMILES string of the molecule is CN1CCC(Cn2c(CCl)nc3cc(I)ccc32)CC1. The smallest absolute Gasteiger partial charge is 0.124 e. The molecule has 108 valence electrons. The third-order valence-electron chi connectivity index (χ3n) is 4.19. The van der Waals surface area contributed by atoms with Crippen LogP contribution in [0.1, 0.15) is 18.7 Å². The molecule has 2 aromatic rings. The largest absolute Gasteiger partial charge is 0.327 e. The van der Waals surface area contributed by atoms with Crippen LogP contribution in [-0.2, 0) is 12.4 Å². The van der Waals surface area contributed by atoms with Gasteiger partial charge in [-0.2, -0.15) is 0 Å². The second-order valence-corrected chi connectivity index (χ2v) is 7.16. The van der Waals surface area contributed by atoms with Gasteiger partial charge in [-0.1, -0.05) is 0 Å². The standard InChI is InChI=1S/C15H19ClIN3/c1-19-6-4-11(5-7-19)10-20-14-3-2-12(17)8-13(14)18-15(20)9-16/h2-3,8,11H,4-7,9-10H2,1H3. The maximum atomic E-state index is 6.09. The van der Waals surface area contributed by atoms with Gasteiger partial charge in [0, 0.05) is 10.1 Å². The minimum atomic E-state index is 0.484. The molecule has 0 spiro atoms. The number of aromatic nitrogens is 2. The van der Waals surface area contributed by atoms with Gasteiger partial charge in [-0.25, -0.2) is 4.98 Å². The van der Waals surface area contributed by atoms with Crippen molar-refractivity contribution >= 4 is 45.2 Å². The van der Waals surface area contributed by atoms with Gasteiger partial charge in [0.15, 0.2) is 0 Å². The van der Waals surface area contributed by atoms with Crippen molar-refractivity contribution in [1.29, 1.82) is 0 Å². The minimum absolute atomic E-state index is 0.484. The number of rotatable bonds is 3. The van der Waals surface area contributed by atoms with Crippen molar-refractivity contribution in [3.05, 3.63) is 27.6 Å². The second kappa shape index (κ2) is 6.20. The molecule has 3 rings (SSSR count). The van der Waals surface area contributed by atoms with Gasteiger partial charge in [0.05, 0.1) is 16.9 Å². The fourth-order valence-corrected chi connectivity index (χ4v) is 3.64. The number of alkyl halides is 1. The van der Waals surface area contributed by atoms with Gasteiger partial charge >= 0.3 is 0 Å². The van der Waals surface area contributed by atoms with Crippen LogP contribution < -0.4 is 0 Å². The van der Waals surface area contributed by atoms with Crippen LogP contribution in [0.4, 0.5) is 0 Å². The van der Waals surface area contributed by atoms with E-state index in [2.05, 4.69) is 62.3 Å². The van der Waals surface area contributed by atoms with Crippen LogP contribution in [-0.4, -0.2) is 34.6 Å². The van der Waals surface area contributed by atoms with Crippen molar-refractivity contribution in [3.63, 3.8) is 0 Å². The summed E-state index contributed by atoms with van der Waals surface area (Å²) in [5, 5.41) is 0. The van der Waals surface area contributed by atoms with Crippen molar-refractivity contribution in [3.8, 4) is 0 Å². The summed E-state index contributed by atoms with van der Waals surface area (Å²) in [4.78, 5) is 7.10. The maximum Gasteiger partial charge on any atom is 0.124 e. The molecule has 1 aliphatic heterocycles. The molecule has 0 aliphatic carbocycles. The van der Waals surface area contributed by atoms with Crippen LogP contribution in [0.2, 0.25) is 0 Å². The van der Waals surface area contributed by atoms with E-state index >= 15 is 0 Å². The van der Waals surface area contributed by atoms with E-state index in [1.165, 1.54) is 35.0 Å². The summed E-state index contributed by atoms with van der Waals surface area (Å²) in [6.07, 6.45) is 2.53. The summed E-state index contributed by atoms with van der Waals surface area (Å²) in [5.74, 6) is 2.23. The molecule has 0 amide bonds. The minimum Gasteiger partial charge on any atom is -0.327 e. The van der Waals surface area contributed by atoms with Gasteiger partial charge < -0.3 is 9.47 Å². The van der Waals surface area contributed by atoms with Crippen LogP contribution in [0.5, 0.6) is 0 Å². The zero-order valence-corrected chi connectivity index (χ0v) is 14.6. The second-order valence-electron chi connectivity index (χ2n) is 5.65. The summed E-state index contributed by atoms with van der Waals surface area (Å²) < 4.78 is 3.55. The monoisotopic (exact) mass is 403 g/mol. The number of likely N-dealkylation sites (tertiary alicyclic amines) is 1. The van der Waals surface area contributed by atoms with Crippen LogP contribution in [0.25, 0.3) is 11.0 Å². The first kappa shape index (κ1) is 14.6. The Bertz CT molecular complexity index is 602. The summed E-state index contributed by atoms with van der Waals surface area (Å²) in [7, 11) is 2.20. The lowest BCUT2D eigenvalue weighted by atomic mass is 9.97. The van der Waals surface area contributed by atoms with Gasteiger partial charge in [0.1, 0.15) is 5.82 Å². The van der Waals surface area contributed by atoms with Crippen molar-refractivity contribution in [1.82, 2.24) is 14.5 Å². The number of benzene rings is 1. The highest BCUT2D eigenvalue weighted by molar-refractivity contribution is 14.1. The molecule has 20 heavy (non-hydrogen) atoms. The Hall–Kier alpha value is -0.330. The van der Waals surface area contributed by atoms with Gasteiger partial charge in [-0.05, 0) is 79.7 Å². The molecular weight excluding hydrogens is 385 g/mol. The number of halogens is 2. The lowest BCUT2D eigenvalue weighted by Gasteiger charge is -2.29. The summed E-state index contributed by atoms with van der Waals surface area (Å²) >= 11 is 8.42. The van der Waals surface area contributed by atoms with E-state index in [4.69, 9.17) is 11.6 Å². The van der Waals surface area contributed by atoms with Crippen molar-refractivity contribution in [2.24, 2.45) is 5.92 Å². The Balaban J connectivity index is 1.89. The highest BCUT2D eigenvalue weighted by Gasteiger charge is 2.19. The molecule has 1 aromatic heterocycles. The average molecular weight is 404 g/mol. The molecule has 0 unspecified atom stereocenters. The number of fused-ring (bicyclic) bond motifs is 1. The first-order chi connectivity index (χ1) is 9.67. The molecule has 5 heteroatoms. The molecule has 1 saturated heterocycles. The van der Waals surface area contributed by atoms with E-state index < -0.39 is 0 Å². The summed E-state index contributed by atoms with van der Waals surface area (Å²) in [6.45, 7) is 3.45. The molecule has 0 saturated carbocycles. The fraction of sp³-hybridized carbons (Fsp3) is 0.533. The third kappa shape index (κ3) is 2.97. The van der Waals surface area contributed by atoms with Crippen LogP contribution in [0, 0.1) is 9.49 Å². The van der Waals surface area contributed by atoms with Crippen LogP contribution in [0.15, 0.2) is 18.2 Å². The van der Waals surface area contributed by atoms with E-state index in [-0.39, 0.29) is 0 Å². The Morgan fingerprint density at radius 3 is 2.80 bits per heavy atom. The first-order valence-corrected chi connectivity index (χ1v) is 8.68. The molecule has 1 aliphatic rings. The Kier molecular flexibility index (Phi) is 4.52. The van der Waals surface area contributed by atoms with E-state index in [0.29, 0.717) is 5.88 Å². The van der Waals surface area contributed by atoms with E-state index in [1.807, 2.05) is 0 Å². The molecule has 3 nitrogen and oxygen atoms in total. The first-order valence-electron chi connectivity index (χ1n) is 7.06. The summed E-state index contributed by atoms with van der Waals surface area (Å²) in [5.41, 5.74) is 2.29. The molecule has 1 aromatic carbocycles. The average Bonchev–Trinajstić information content (AvgIpc) is 2.78. The Morgan fingerprint density at radius 1 is 1.35 bits per heavy atom. The van der Waals surface area contributed by atoms with Crippen LogP contribution >= 0.6 is 34.2 Å². The molecule has 0 N–H and O–H groups in total. The predicted octanol–water partition coefficient (Wildman–Crippen LogP) is 3.72. The normalized spacial score (nSPS) is 17.9. The molecule has 0 atom stereocenters.